The number of rotatable bonds is 6. The van der Waals surface area contributed by atoms with Crippen molar-refractivity contribution in [3.63, 3.8) is 0 Å². The molecule has 0 aliphatic carbocycles. The summed E-state index contributed by atoms with van der Waals surface area (Å²) < 4.78 is 5.31. The predicted molar refractivity (Wildman–Crippen MR) is 97.2 cm³/mol. The Kier molecular flexibility index (Phi) is 5.08. The molecule has 0 atom stereocenters. The zero-order chi connectivity index (χ0) is 16.2. The van der Waals surface area contributed by atoms with Gasteiger partial charge in [-0.05, 0) is 43.9 Å². The van der Waals surface area contributed by atoms with Crippen molar-refractivity contribution in [2.24, 2.45) is 0 Å². The van der Waals surface area contributed by atoms with Crippen LogP contribution in [0.5, 0.6) is 0 Å². The van der Waals surface area contributed by atoms with E-state index in [1.807, 2.05) is 23.9 Å². The minimum absolute atomic E-state index is 0.528. The van der Waals surface area contributed by atoms with Crippen molar-refractivity contribution in [3.8, 4) is 0 Å². The largest absolute Gasteiger partial charge is 0.463 e. The Bertz CT molecular complexity index is 667. The first-order valence-corrected chi connectivity index (χ1v) is 8.89. The molecule has 23 heavy (non-hydrogen) atoms. The van der Waals surface area contributed by atoms with Crippen LogP contribution in [-0.2, 0) is 6.42 Å². The fourth-order valence-corrected chi connectivity index (χ4v) is 3.84. The van der Waals surface area contributed by atoms with Crippen molar-refractivity contribution in [2.45, 2.75) is 11.3 Å². The molecule has 0 saturated heterocycles. The Balaban J connectivity index is 1.72. The smallest absolute Gasteiger partial charge is 0.147 e. The fraction of sp³-hybridized carbons (Fsp3) is 0.389. The predicted octanol–water partition coefficient (Wildman–Crippen LogP) is 3.36. The van der Waals surface area contributed by atoms with Gasteiger partial charge in [-0.2, -0.15) is 0 Å². The molecule has 1 N–H and O–H groups in total. The average Bonchev–Trinajstić information content (AvgIpc) is 3.07. The molecule has 122 valence electrons. The van der Waals surface area contributed by atoms with E-state index in [1.165, 1.54) is 16.1 Å². The lowest BCUT2D eigenvalue weighted by Crippen LogP contribution is -2.35. The zero-order valence-corrected chi connectivity index (χ0v) is 14.5. The molecule has 3 rings (SSSR count). The lowest BCUT2D eigenvalue weighted by molar-refractivity contribution is 0.413. The molecule has 4 nitrogen and oxygen atoms in total. The Labute approximate surface area is 142 Å². The Hall–Kier alpha value is -1.72. The van der Waals surface area contributed by atoms with Crippen LogP contribution >= 0.6 is 11.8 Å². The Morgan fingerprint density at radius 2 is 2.22 bits per heavy atom. The highest BCUT2D eigenvalue weighted by atomic mass is 32.2. The third kappa shape index (κ3) is 3.98. The second kappa shape index (κ2) is 7.23. The maximum Gasteiger partial charge on any atom is 0.147 e. The minimum atomic E-state index is 0.528. The van der Waals surface area contributed by atoms with Gasteiger partial charge in [0.1, 0.15) is 5.76 Å². The second-order valence-corrected chi connectivity index (χ2v) is 7.21. The van der Waals surface area contributed by atoms with E-state index in [2.05, 4.69) is 42.1 Å². The molecule has 1 aliphatic heterocycles. The van der Waals surface area contributed by atoms with Gasteiger partial charge in [0.15, 0.2) is 0 Å². The molecule has 0 bridgehead atoms. The van der Waals surface area contributed by atoms with E-state index >= 15 is 0 Å². The van der Waals surface area contributed by atoms with Gasteiger partial charge < -0.3 is 19.6 Å². The SMILES string of the molecule is CN(C)CCN1CCSc2cc(CC(=N)c3ccco3)ccc21. The highest BCUT2D eigenvalue weighted by Crippen LogP contribution is 2.35. The van der Waals surface area contributed by atoms with Crippen LogP contribution in [-0.4, -0.2) is 50.1 Å². The molecule has 2 aromatic rings. The van der Waals surface area contributed by atoms with Crippen LogP contribution in [0.25, 0.3) is 0 Å². The first-order valence-electron chi connectivity index (χ1n) is 7.90. The van der Waals surface area contributed by atoms with Gasteiger partial charge in [0.25, 0.3) is 0 Å². The van der Waals surface area contributed by atoms with Gasteiger partial charge in [-0.25, -0.2) is 0 Å². The normalized spacial score (nSPS) is 14.1. The van der Waals surface area contributed by atoms with Crippen LogP contribution in [0.15, 0.2) is 45.9 Å². The van der Waals surface area contributed by atoms with E-state index in [9.17, 15) is 0 Å². The highest BCUT2D eigenvalue weighted by Gasteiger charge is 2.18. The lowest BCUT2D eigenvalue weighted by atomic mass is 10.1. The number of anilines is 1. The molecule has 0 amide bonds. The third-order valence-corrected chi connectivity index (χ3v) is 5.03. The lowest BCUT2D eigenvalue weighted by Gasteiger charge is -2.32. The zero-order valence-electron chi connectivity index (χ0n) is 13.7. The topological polar surface area (TPSA) is 43.5 Å². The minimum Gasteiger partial charge on any atom is -0.463 e. The van der Waals surface area contributed by atoms with Crippen LogP contribution in [0.4, 0.5) is 5.69 Å². The van der Waals surface area contributed by atoms with Gasteiger partial charge in [0, 0.05) is 36.7 Å². The monoisotopic (exact) mass is 329 g/mol. The van der Waals surface area contributed by atoms with E-state index in [0.29, 0.717) is 17.9 Å². The molecule has 1 aliphatic rings. The molecular weight excluding hydrogens is 306 g/mol. The summed E-state index contributed by atoms with van der Waals surface area (Å²) in [6.07, 6.45) is 2.23. The maximum atomic E-state index is 8.16. The first-order chi connectivity index (χ1) is 11.1. The van der Waals surface area contributed by atoms with E-state index in [1.54, 1.807) is 6.26 Å². The van der Waals surface area contributed by atoms with Gasteiger partial charge >= 0.3 is 0 Å². The van der Waals surface area contributed by atoms with E-state index in [0.717, 1.165) is 25.4 Å². The first kappa shape index (κ1) is 16.1. The van der Waals surface area contributed by atoms with Crippen molar-refractivity contribution in [1.29, 1.82) is 5.41 Å². The summed E-state index contributed by atoms with van der Waals surface area (Å²) in [5.41, 5.74) is 3.03. The number of hydrogen-bond donors (Lipinski definition) is 1. The van der Waals surface area contributed by atoms with Crippen LogP contribution in [0.1, 0.15) is 11.3 Å². The molecule has 5 heteroatoms. The number of fused-ring (bicyclic) bond motifs is 1. The Morgan fingerprint density at radius 1 is 1.35 bits per heavy atom. The number of thioether (sulfide) groups is 1. The fourth-order valence-electron chi connectivity index (χ4n) is 2.73. The van der Waals surface area contributed by atoms with Crippen LogP contribution in [0, 0.1) is 5.41 Å². The van der Waals surface area contributed by atoms with Crippen molar-refractivity contribution in [2.75, 3.05) is 44.4 Å². The highest BCUT2D eigenvalue weighted by molar-refractivity contribution is 7.99. The molecule has 2 heterocycles. The second-order valence-electron chi connectivity index (χ2n) is 6.07. The van der Waals surface area contributed by atoms with Gasteiger partial charge in [0.05, 0.1) is 17.7 Å². The molecule has 0 saturated carbocycles. The van der Waals surface area contributed by atoms with Crippen molar-refractivity contribution in [1.82, 2.24) is 4.90 Å². The Morgan fingerprint density at radius 3 is 2.96 bits per heavy atom. The van der Waals surface area contributed by atoms with E-state index in [-0.39, 0.29) is 0 Å². The number of nitrogens with zero attached hydrogens (tertiary/aromatic N) is 2. The molecule has 1 aromatic carbocycles. The summed E-state index contributed by atoms with van der Waals surface area (Å²) >= 11 is 1.92. The molecule has 0 fully saturated rings. The van der Waals surface area contributed by atoms with Gasteiger partial charge in [-0.1, -0.05) is 6.07 Å². The van der Waals surface area contributed by atoms with Crippen molar-refractivity contribution < 1.29 is 4.42 Å². The molecule has 0 unspecified atom stereocenters. The molecule has 0 spiro atoms. The standard InChI is InChI=1S/C18H23N3OS/c1-20(2)7-8-21-9-11-23-18-13-14(5-6-16(18)21)12-15(19)17-4-3-10-22-17/h3-6,10,13,19H,7-9,11-12H2,1-2H3. The third-order valence-electron chi connectivity index (χ3n) is 4.00. The number of hydrogen-bond acceptors (Lipinski definition) is 5. The van der Waals surface area contributed by atoms with Crippen molar-refractivity contribution >= 4 is 23.2 Å². The maximum absolute atomic E-state index is 8.16. The van der Waals surface area contributed by atoms with E-state index < -0.39 is 0 Å². The number of benzene rings is 1. The summed E-state index contributed by atoms with van der Waals surface area (Å²) in [6.45, 7) is 3.23. The number of likely N-dealkylation sites (N-methyl/N-ethyl adjacent to an activating group) is 1. The van der Waals surface area contributed by atoms with Gasteiger partial charge in [-0.15, -0.1) is 11.8 Å². The summed E-state index contributed by atoms with van der Waals surface area (Å²) in [7, 11) is 4.23. The van der Waals surface area contributed by atoms with Gasteiger partial charge in [-0.3, -0.25) is 0 Å². The van der Waals surface area contributed by atoms with Crippen LogP contribution < -0.4 is 4.90 Å². The van der Waals surface area contributed by atoms with Crippen LogP contribution in [0.2, 0.25) is 0 Å². The molecule has 1 aromatic heterocycles. The summed E-state index contributed by atoms with van der Waals surface area (Å²) in [5.74, 6) is 1.78. The molecule has 0 radical (unpaired) electrons. The average molecular weight is 329 g/mol. The summed E-state index contributed by atoms with van der Waals surface area (Å²) in [5, 5.41) is 8.16. The van der Waals surface area contributed by atoms with Crippen molar-refractivity contribution in [3.05, 3.63) is 47.9 Å². The quantitative estimate of drug-likeness (QED) is 0.825. The summed E-state index contributed by atoms with van der Waals surface area (Å²) in [6, 6.07) is 10.3. The number of furan rings is 1. The number of nitrogens with one attached hydrogen (secondary N) is 1. The summed E-state index contributed by atoms with van der Waals surface area (Å²) in [4.78, 5) is 6.02. The van der Waals surface area contributed by atoms with E-state index in [4.69, 9.17) is 9.83 Å². The molecular formula is C18H23N3OS. The van der Waals surface area contributed by atoms with Gasteiger partial charge in [0.2, 0.25) is 0 Å². The van der Waals surface area contributed by atoms with Crippen LogP contribution in [0.3, 0.4) is 0 Å².